The second kappa shape index (κ2) is 9.63. The van der Waals surface area contributed by atoms with E-state index in [1.807, 2.05) is 30.3 Å². The molecular weight excluding hydrogens is 382 g/mol. The number of rotatable bonds is 9. The Kier molecular flexibility index (Phi) is 6.72. The molecule has 9 heteroatoms. The van der Waals surface area contributed by atoms with Gasteiger partial charge in [-0.25, -0.2) is 4.68 Å². The molecule has 152 valence electrons. The van der Waals surface area contributed by atoms with E-state index in [1.165, 1.54) is 17.9 Å². The maximum Gasteiger partial charge on any atom is 0.387 e. The average Bonchev–Trinajstić information content (AvgIpc) is 3.17. The predicted octanol–water partition coefficient (Wildman–Crippen LogP) is 2.91. The molecule has 0 aliphatic heterocycles. The minimum Gasteiger partial charge on any atom is -0.493 e. The molecule has 0 saturated heterocycles. The van der Waals surface area contributed by atoms with Crippen LogP contribution in [0.4, 0.5) is 8.78 Å². The van der Waals surface area contributed by atoms with E-state index in [0.29, 0.717) is 18.7 Å². The minimum atomic E-state index is -2.94. The average molecular weight is 402 g/mol. The largest absolute Gasteiger partial charge is 0.493 e. The molecule has 29 heavy (non-hydrogen) atoms. The molecule has 0 bridgehead atoms. The lowest BCUT2D eigenvalue weighted by Crippen LogP contribution is -2.29. The van der Waals surface area contributed by atoms with E-state index in [-0.39, 0.29) is 24.0 Å². The Balaban J connectivity index is 1.51. The van der Waals surface area contributed by atoms with E-state index in [4.69, 9.17) is 4.74 Å². The summed E-state index contributed by atoms with van der Waals surface area (Å²) < 4.78 is 35.9. The lowest BCUT2D eigenvalue weighted by molar-refractivity contribution is -0.121. The first kappa shape index (κ1) is 20.2. The van der Waals surface area contributed by atoms with Crippen molar-refractivity contribution < 1.29 is 23.0 Å². The van der Waals surface area contributed by atoms with Gasteiger partial charge in [-0.2, -0.15) is 8.78 Å². The molecule has 3 aromatic rings. The maximum atomic E-state index is 12.5. The zero-order valence-electron chi connectivity index (χ0n) is 15.7. The van der Waals surface area contributed by atoms with E-state index in [9.17, 15) is 13.6 Å². The summed E-state index contributed by atoms with van der Waals surface area (Å²) in [6.45, 7) is -2.58. The van der Waals surface area contributed by atoms with Crippen LogP contribution >= 0.6 is 0 Å². The van der Waals surface area contributed by atoms with Crippen LogP contribution in [0.2, 0.25) is 0 Å². The summed E-state index contributed by atoms with van der Waals surface area (Å²) in [7, 11) is 1.38. The van der Waals surface area contributed by atoms with Crippen molar-refractivity contribution in [2.24, 2.45) is 0 Å². The zero-order valence-corrected chi connectivity index (χ0v) is 15.7. The van der Waals surface area contributed by atoms with Crippen LogP contribution in [-0.4, -0.2) is 41.2 Å². The van der Waals surface area contributed by atoms with Gasteiger partial charge < -0.3 is 14.8 Å². The van der Waals surface area contributed by atoms with Crippen LogP contribution in [0, 0.1) is 0 Å². The Morgan fingerprint density at radius 2 is 1.97 bits per heavy atom. The molecule has 0 aliphatic rings. The summed E-state index contributed by atoms with van der Waals surface area (Å²) in [5.41, 5.74) is 2.33. The molecule has 0 unspecified atom stereocenters. The number of benzene rings is 2. The SMILES string of the molecule is COc1ccc(CCNC(=O)Cn2cc(-c3ccccc3)nn2)cc1OC(F)F. The van der Waals surface area contributed by atoms with E-state index in [2.05, 4.69) is 20.4 Å². The highest BCUT2D eigenvalue weighted by molar-refractivity contribution is 5.75. The van der Waals surface area contributed by atoms with Crippen molar-refractivity contribution in [3.63, 3.8) is 0 Å². The van der Waals surface area contributed by atoms with E-state index in [0.717, 1.165) is 11.1 Å². The molecule has 0 fully saturated rings. The van der Waals surface area contributed by atoms with Crippen molar-refractivity contribution in [2.75, 3.05) is 13.7 Å². The third kappa shape index (κ3) is 5.74. The number of amides is 1. The number of nitrogens with zero attached hydrogens (tertiary/aromatic N) is 3. The zero-order chi connectivity index (χ0) is 20.6. The highest BCUT2D eigenvalue weighted by Gasteiger charge is 2.12. The molecule has 0 atom stereocenters. The smallest absolute Gasteiger partial charge is 0.387 e. The van der Waals surface area contributed by atoms with Gasteiger partial charge in [-0.1, -0.05) is 41.6 Å². The summed E-state index contributed by atoms with van der Waals surface area (Å²) >= 11 is 0. The van der Waals surface area contributed by atoms with Gasteiger partial charge in [0.15, 0.2) is 11.5 Å². The Morgan fingerprint density at radius 3 is 2.69 bits per heavy atom. The second-order valence-corrected chi connectivity index (χ2v) is 6.13. The van der Waals surface area contributed by atoms with Gasteiger partial charge in [0, 0.05) is 12.1 Å². The first-order valence-corrected chi connectivity index (χ1v) is 8.89. The van der Waals surface area contributed by atoms with Gasteiger partial charge in [0.2, 0.25) is 5.91 Å². The quantitative estimate of drug-likeness (QED) is 0.596. The molecule has 0 aliphatic carbocycles. The Morgan fingerprint density at radius 1 is 1.17 bits per heavy atom. The van der Waals surface area contributed by atoms with Crippen molar-refractivity contribution in [2.45, 2.75) is 19.6 Å². The van der Waals surface area contributed by atoms with Gasteiger partial charge in [0.25, 0.3) is 0 Å². The van der Waals surface area contributed by atoms with Crippen LogP contribution in [-0.2, 0) is 17.8 Å². The molecule has 0 spiro atoms. The Labute approximate surface area is 166 Å². The van der Waals surface area contributed by atoms with E-state index >= 15 is 0 Å². The molecule has 1 aromatic heterocycles. The topological polar surface area (TPSA) is 78.3 Å². The fourth-order valence-corrected chi connectivity index (χ4v) is 2.73. The summed E-state index contributed by atoms with van der Waals surface area (Å²) in [6, 6.07) is 14.3. The van der Waals surface area contributed by atoms with Crippen molar-refractivity contribution >= 4 is 5.91 Å². The molecule has 7 nitrogen and oxygen atoms in total. The van der Waals surface area contributed by atoms with Gasteiger partial charge in [-0.05, 0) is 24.1 Å². The maximum absolute atomic E-state index is 12.5. The summed E-state index contributed by atoms with van der Waals surface area (Å²) in [5.74, 6) is -0.0482. The first-order valence-electron chi connectivity index (χ1n) is 8.89. The van der Waals surface area contributed by atoms with Crippen LogP contribution < -0.4 is 14.8 Å². The van der Waals surface area contributed by atoms with E-state index < -0.39 is 6.61 Å². The second-order valence-electron chi connectivity index (χ2n) is 6.13. The molecule has 3 rings (SSSR count). The lowest BCUT2D eigenvalue weighted by atomic mass is 10.1. The Hall–Kier alpha value is -3.49. The van der Waals surface area contributed by atoms with Gasteiger partial charge >= 0.3 is 6.61 Å². The van der Waals surface area contributed by atoms with Crippen molar-refractivity contribution in [3.8, 4) is 22.8 Å². The molecule has 1 heterocycles. The Bertz CT molecular complexity index is 948. The van der Waals surface area contributed by atoms with Gasteiger partial charge in [-0.15, -0.1) is 5.10 Å². The summed E-state index contributed by atoms with van der Waals surface area (Å²) in [6.07, 6.45) is 2.15. The monoisotopic (exact) mass is 402 g/mol. The van der Waals surface area contributed by atoms with Crippen molar-refractivity contribution in [1.29, 1.82) is 0 Å². The van der Waals surface area contributed by atoms with Crippen molar-refractivity contribution in [1.82, 2.24) is 20.3 Å². The number of hydrogen-bond acceptors (Lipinski definition) is 5. The number of carbonyl (C=O) groups excluding carboxylic acids is 1. The number of carbonyl (C=O) groups is 1. The molecule has 2 aromatic carbocycles. The fourth-order valence-electron chi connectivity index (χ4n) is 2.73. The van der Waals surface area contributed by atoms with Crippen LogP contribution in [0.5, 0.6) is 11.5 Å². The predicted molar refractivity (Wildman–Crippen MR) is 102 cm³/mol. The van der Waals surface area contributed by atoms with Gasteiger partial charge in [0.1, 0.15) is 12.2 Å². The van der Waals surface area contributed by atoms with Crippen LogP contribution in [0.3, 0.4) is 0 Å². The van der Waals surface area contributed by atoms with Crippen LogP contribution in [0.25, 0.3) is 11.3 Å². The molecule has 0 radical (unpaired) electrons. The molecular formula is C20H20F2N4O3. The van der Waals surface area contributed by atoms with Crippen molar-refractivity contribution in [3.05, 3.63) is 60.3 Å². The molecule has 0 saturated carbocycles. The summed E-state index contributed by atoms with van der Waals surface area (Å²) in [4.78, 5) is 12.1. The minimum absolute atomic E-state index is 0.0300. The number of ether oxygens (including phenoxy) is 2. The number of nitrogens with one attached hydrogen (secondary N) is 1. The normalized spacial score (nSPS) is 10.8. The van der Waals surface area contributed by atoms with Gasteiger partial charge in [0.05, 0.1) is 13.3 Å². The highest BCUT2D eigenvalue weighted by Crippen LogP contribution is 2.29. The third-order valence-electron chi connectivity index (χ3n) is 4.09. The number of alkyl halides is 2. The highest BCUT2D eigenvalue weighted by atomic mass is 19.3. The number of aromatic nitrogens is 3. The summed E-state index contributed by atoms with van der Waals surface area (Å²) in [5, 5.41) is 10.8. The van der Waals surface area contributed by atoms with E-state index in [1.54, 1.807) is 18.3 Å². The number of methoxy groups -OCH3 is 1. The number of halogens is 2. The molecule has 1 N–H and O–H groups in total. The molecule has 1 amide bonds. The number of hydrogen-bond donors (Lipinski definition) is 1. The third-order valence-corrected chi connectivity index (χ3v) is 4.09. The fraction of sp³-hybridized carbons (Fsp3) is 0.250. The standard InChI is InChI=1S/C20H20F2N4O3/c1-28-17-8-7-14(11-18(17)29-20(21)22)9-10-23-19(27)13-26-12-16(24-25-26)15-5-3-2-4-6-15/h2-8,11-12,20H,9-10,13H2,1H3,(H,23,27). The lowest BCUT2D eigenvalue weighted by Gasteiger charge is -2.12. The van der Waals surface area contributed by atoms with Crippen LogP contribution in [0.1, 0.15) is 5.56 Å². The van der Waals surface area contributed by atoms with Crippen LogP contribution in [0.15, 0.2) is 54.7 Å². The van der Waals surface area contributed by atoms with Gasteiger partial charge in [-0.3, -0.25) is 4.79 Å². The first-order chi connectivity index (χ1) is 14.0.